The van der Waals surface area contributed by atoms with E-state index in [1.54, 1.807) is 18.2 Å². The molecule has 0 radical (unpaired) electrons. The lowest BCUT2D eigenvalue weighted by atomic mass is 9.92. The second kappa shape index (κ2) is 5.15. The van der Waals surface area contributed by atoms with Gasteiger partial charge in [-0.15, -0.1) is 0 Å². The van der Waals surface area contributed by atoms with Crippen LogP contribution in [0.4, 0.5) is 0 Å². The highest BCUT2D eigenvalue weighted by Crippen LogP contribution is 2.35. The monoisotopic (exact) mass is 292 g/mol. The molecule has 3 aromatic rings. The molecule has 0 spiro atoms. The van der Waals surface area contributed by atoms with Crippen LogP contribution in [-0.2, 0) is 0 Å². The van der Waals surface area contributed by atoms with Crippen molar-refractivity contribution in [3.8, 4) is 16.9 Å². The highest BCUT2D eigenvalue weighted by Gasteiger charge is 2.14. The van der Waals surface area contributed by atoms with Gasteiger partial charge in [-0.25, -0.2) is 4.98 Å². The molecule has 22 heavy (non-hydrogen) atoms. The summed E-state index contributed by atoms with van der Waals surface area (Å²) in [6.07, 6.45) is 0. The number of aromatic hydroxyl groups is 1. The molecule has 2 aromatic carbocycles. The van der Waals surface area contributed by atoms with Gasteiger partial charge in [-0.05, 0) is 60.4 Å². The molecule has 3 rings (SSSR count). The first kappa shape index (κ1) is 14.1. The highest BCUT2D eigenvalue weighted by molar-refractivity contribution is 6.01. The fraction of sp³-hybridized carbons (Fsp3) is 0.111. The molecule has 4 heteroatoms. The van der Waals surface area contributed by atoms with E-state index in [4.69, 9.17) is 5.73 Å². The summed E-state index contributed by atoms with van der Waals surface area (Å²) in [5, 5.41) is 10.7. The molecule has 0 unspecified atom stereocenters. The van der Waals surface area contributed by atoms with E-state index >= 15 is 0 Å². The van der Waals surface area contributed by atoms with Crippen molar-refractivity contribution in [1.29, 1.82) is 0 Å². The molecule has 0 fully saturated rings. The number of pyridine rings is 1. The van der Waals surface area contributed by atoms with Gasteiger partial charge in [0.25, 0.3) is 5.91 Å². The van der Waals surface area contributed by atoms with Gasteiger partial charge >= 0.3 is 0 Å². The third-order valence-corrected chi connectivity index (χ3v) is 3.76. The summed E-state index contributed by atoms with van der Waals surface area (Å²) in [6, 6.07) is 12.8. The number of benzene rings is 2. The van der Waals surface area contributed by atoms with E-state index in [9.17, 15) is 9.90 Å². The van der Waals surface area contributed by atoms with E-state index in [0.717, 1.165) is 33.2 Å². The number of rotatable bonds is 2. The van der Waals surface area contributed by atoms with Gasteiger partial charge in [-0.3, -0.25) is 4.79 Å². The summed E-state index contributed by atoms with van der Waals surface area (Å²) < 4.78 is 0. The van der Waals surface area contributed by atoms with Gasteiger partial charge < -0.3 is 10.8 Å². The smallest absolute Gasteiger partial charge is 0.267 e. The van der Waals surface area contributed by atoms with Crippen molar-refractivity contribution in [3.05, 3.63) is 59.3 Å². The van der Waals surface area contributed by atoms with E-state index in [-0.39, 0.29) is 11.4 Å². The van der Waals surface area contributed by atoms with Gasteiger partial charge in [0.05, 0.1) is 5.52 Å². The predicted octanol–water partition coefficient (Wildman–Crippen LogP) is 3.32. The second-order valence-electron chi connectivity index (χ2n) is 5.39. The average molecular weight is 292 g/mol. The van der Waals surface area contributed by atoms with Gasteiger partial charge in [-0.1, -0.05) is 18.2 Å². The molecule has 0 bridgehead atoms. The number of carbonyl (C=O) groups excluding carboxylic acids is 1. The molecule has 3 N–H and O–H groups in total. The van der Waals surface area contributed by atoms with Gasteiger partial charge in [0.2, 0.25) is 0 Å². The van der Waals surface area contributed by atoms with Crippen LogP contribution in [0, 0.1) is 13.8 Å². The molecule has 0 aliphatic heterocycles. The van der Waals surface area contributed by atoms with Gasteiger partial charge in [0, 0.05) is 5.39 Å². The molecule has 0 atom stereocenters. The largest absolute Gasteiger partial charge is 0.508 e. The Morgan fingerprint density at radius 3 is 2.36 bits per heavy atom. The maximum Gasteiger partial charge on any atom is 0.267 e. The van der Waals surface area contributed by atoms with Crippen LogP contribution in [0.15, 0.2) is 42.5 Å². The Bertz CT molecular complexity index is 878. The van der Waals surface area contributed by atoms with Crippen LogP contribution in [0.3, 0.4) is 0 Å². The number of carbonyl (C=O) groups is 1. The van der Waals surface area contributed by atoms with Crippen LogP contribution in [0.25, 0.3) is 22.0 Å². The van der Waals surface area contributed by atoms with Crippen molar-refractivity contribution in [1.82, 2.24) is 4.98 Å². The summed E-state index contributed by atoms with van der Waals surface area (Å²) in [5.74, 6) is -0.326. The number of aryl methyl sites for hydroxylation is 2. The lowest BCUT2D eigenvalue weighted by Crippen LogP contribution is -2.13. The average Bonchev–Trinajstić information content (AvgIpc) is 2.45. The number of hydrogen-bond acceptors (Lipinski definition) is 3. The highest BCUT2D eigenvalue weighted by atomic mass is 16.3. The zero-order valence-corrected chi connectivity index (χ0v) is 12.4. The number of aromatic nitrogens is 1. The molecular weight excluding hydrogens is 276 g/mol. The Kier molecular flexibility index (Phi) is 3.29. The normalized spacial score (nSPS) is 10.8. The first-order valence-corrected chi connectivity index (χ1v) is 6.97. The van der Waals surface area contributed by atoms with Crippen molar-refractivity contribution in [2.45, 2.75) is 13.8 Å². The molecule has 1 amide bonds. The van der Waals surface area contributed by atoms with E-state index in [1.165, 1.54) is 0 Å². The van der Waals surface area contributed by atoms with Crippen LogP contribution in [-0.4, -0.2) is 16.0 Å². The minimum atomic E-state index is -0.555. The van der Waals surface area contributed by atoms with E-state index < -0.39 is 5.91 Å². The Balaban J connectivity index is 2.42. The van der Waals surface area contributed by atoms with E-state index in [2.05, 4.69) is 4.98 Å². The molecule has 0 aliphatic rings. The Labute approximate surface area is 128 Å². The zero-order valence-electron chi connectivity index (χ0n) is 12.4. The van der Waals surface area contributed by atoms with Crippen molar-refractivity contribution >= 4 is 16.8 Å². The van der Waals surface area contributed by atoms with Crippen LogP contribution in [0.5, 0.6) is 5.75 Å². The first-order chi connectivity index (χ1) is 10.5. The number of fused-ring (bicyclic) bond motifs is 1. The van der Waals surface area contributed by atoms with Gasteiger partial charge in [0.15, 0.2) is 0 Å². The molecule has 0 saturated heterocycles. The van der Waals surface area contributed by atoms with Gasteiger partial charge in [0.1, 0.15) is 11.4 Å². The quantitative estimate of drug-likeness (QED) is 0.760. The third-order valence-electron chi connectivity index (χ3n) is 3.76. The number of primary amides is 1. The fourth-order valence-corrected chi connectivity index (χ4v) is 2.87. The van der Waals surface area contributed by atoms with Crippen molar-refractivity contribution < 1.29 is 9.90 Å². The van der Waals surface area contributed by atoms with Crippen LogP contribution in [0.2, 0.25) is 0 Å². The SMILES string of the molecule is Cc1cc(O)cc(C)c1-c1cc(C(N)=O)nc2ccccc12. The summed E-state index contributed by atoms with van der Waals surface area (Å²) in [7, 11) is 0. The van der Waals surface area contributed by atoms with Crippen molar-refractivity contribution in [2.24, 2.45) is 5.73 Å². The topological polar surface area (TPSA) is 76.2 Å². The minimum absolute atomic E-state index is 0.229. The number of nitrogens with zero attached hydrogens (tertiary/aromatic N) is 1. The minimum Gasteiger partial charge on any atom is -0.508 e. The molecular formula is C18H16N2O2. The molecule has 0 aliphatic carbocycles. The maximum atomic E-state index is 11.6. The van der Waals surface area contributed by atoms with Crippen molar-refractivity contribution in [3.63, 3.8) is 0 Å². The molecule has 110 valence electrons. The lowest BCUT2D eigenvalue weighted by molar-refractivity contribution is 0.0996. The summed E-state index contributed by atoms with van der Waals surface area (Å²) in [4.78, 5) is 15.9. The number of nitrogens with two attached hydrogens (primary N) is 1. The molecule has 4 nitrogen and oxygen atoms in total. The third kappa shape index (κ3) is 2.29. The maximum absolute atomic E-state index is 11.6. The fourth-order valence-electron chi connectivity index (χ4n) is 2.87. The lowest BCUT2D eigenvalue weighted by Gasteiger charge is -2.14. The Hall–Kier alpha value is -2.88. The number of amides is 1. The zero-order chi connectivity index (χ0) is 15.9. The number of phenols is 1. The Morgan fingerprint density at radius 1 is 1.09 bits per heavy atom. The molecule has 1 aromatic heterocycles. The predicted molar refractivity (Wildman–Crippen MR) is 86.8 cm³/mol. The van der Waals surface area contributed by atoms with E-state index in [1.807, 2.05) is 38.1 Å². The van der Waals surface area contributed by atoms with Crippen LogP contribution < -0.4 is 5.73 Å². The van der Waals surface area contributed by atoms with Crippen molar-refractivity contribution in [2.75, 3.05) is 0 Å². The summed E-state index contributed by atoms with van der Waals surface area (Å²) in [6.45, 7) is 3.86. The Morgan fingerprint density at radius 2 is 1.73 bits per heavy atom. The first-order valence-electron chi connectivity index (χ1n) is 6.97. The second-order valence-corrected chi connectivity index (χ2v) is 5.39. The summed E-state index contributed by atoms with van der Waals surface area (Å²) >= 11 is 0. The number of hydrogen-bond donors (Lipinski definition) is 2. The van der Waals surface area contributed by atoms with Crippen LogP contribution >= 0.6 is 0 Å². The standard InChI is InChI=1S/C18H16N2O2/c1-10-7-12(21)8-11(2)17(10)14-9-16(18(19)22)20-15-6-4-3-5-13(14)15/h3-9,21H,1-2H3,(H2,19,22). The number of para-hydroxylation sites is 1. The number of phenolic OH excluding ortho intramolecular Hbond substituents is 1. The van der Waals surface area contributed by atoms with E-state index in [0.29, 0.717) is 0 Å². The summed E-state index contributed by atoms with van der Waals surface area (Å²) in [5.41, 5.74) is 10.1. The van der Waals surface area contributed by atoms with Crippen LogP contribution in [0.1, 0.15) is 21.6 Å². The molecule has 1 heterocycles. The van der Waals surface area contributed by atoms with Gasteiger partial charge in [-0.2, -0.15) is 0 Å². The molecule has 0 saturated carbocycles.